The average molecular weight is 174 g/mol. The fraction of sp³-hybridized carbons (Fsp3) is 1.00. The first kappa shape index (κ1) is 9.40. The molecule has 1 fully saturated rings. The van der Waals surface area contributed by atoms with E-state index in [1.807, 2.05) is 0 Å². The second-order valence-corrected chi connectivity index (χ2v) is 3.72. The molecule has 66 valence electrons. The molecular weight excluding hydrogens is 156 g/mol. The van der Waals surface area contributed by atoms with Gasteiger partial charge in [-0.25, -0.2) is 0 Å². The number of hydrogen-bond acceptors (Lipinski definition) is 2. The highest BCUT2D eigenvalue weighted by molar-refractivity contribution is 7.80. The minimum atomic E-state index is 0.402. The Bertz CT molecular complexity index is 95.7. The molecule has 2 heteroatoms. The molecule has 0 heterocycles. The summed E-state index contributed by atoms with van der Waals surface area (Å²) >= 11 is 4.28. The highest BCUT2D eigenvalue weighted by Gasteiger charge is 2.21. The quantitative estimate of drug-likeness (QED) is 0.647. The molecule has 1 aliphatic rings. The maximum Gasteiger partial charge on any atom is 0.0687 e. The van der Waals surface area contributed by atoms with Crippen LogP contribution in [0.25, 0.3) is 0 Å². The Morgan fingerprint density at radius 3 is 2.45 bits per heavy atom. The molecule has 1 atom stereocenters. The van der Waals surface area contributed by atoms with Crippen molar-refractivity contribution >= 4 is 12.6 Å². The summed E-state index contributed by atoms with van der Waals surface area (Å²) in [5.41, 5.74) is 0. The maximum atomic E-state index is 5.36. The van der Waals surface area contributed by atoms with Gasteiger partial charge in [0.05, 0.1) is 6.10 Å². The topological polar surface area (TPSA) is 9.23 Å². The molecule has 0 aromatic heterocycles. The normalized spacial score (nSPS) is 23.5. The molecular formula is C9H18OS. The van der Waals surface area contributed by atoms with Crippen molar-refractivity contribution in [2.75, 3.05) is 12.9 Å². The van der Waals surface area contributed by atoms with Gasteiger partial charge in [-0.05, 0) is 18.8 Å². The van der Waals surface area contributed by atoms with Crippen LogP contribution < -0.4 is 0 Å². The van der Waals surface area contributed by atoms with E-state index in [-0.39, 0.29) is 0 Å². The minimum Gasteiger partial charge on any atom is -0.380 e. The average Bonchev–Trinajstić information content (AvgIpc) is 2.09. The summed E-state index contributed by atoms with van der Waals surface area (Å²) in [6.45, 7) is 0. The molecule has 1 aliphatic carbocycles. The van der Waals surface area contributed by atoms with Crippen molar-refractivity contribution < 1.29 is 4.74 Å². The Morgan fingerprint density at radius 2 is 2.00 bits per heavy atom. The van der Waals surface area contributed by atoms with Crippen molar-refractivity contribution in [3.05, 3.63) is 0 Å². The van der Waals surface area contributed by atoms with E-state index in [1.54, 1.807) is 7.11 Å². The number of hydrogen-bond donors (Lipinski definition) is 1. The molecule has 11 heavy (non-hydrogen) atoms. The van der Waals surface area contributed by atoms with Gasteiger partial charge < -0.3 is 4.74 Å². The fourth-order valence-corrected chi connectivity index (χ4v) is 2.37. The van der Waals surface area contributed by atoms with E-state index >= 15 is 0 Å². The summed E-state index contributed by atoms with van der Waals surface area (Å²) in [6.07, 6.45) is 7.28. The Kier molecular flexibility index (Phi) is 4.31. The van der Waals surface area contributed by atoms with Crippen molar-refractivity contribution in [2.24, 2.45) is 5.92 Å². The third-order valence-electron chi connectivity index (χ3n) is 2.66. The van der Waals surface area contributed by atoms with E-state index in [4.69, 9.17) is 4.74 Å². The molecule has 0 bridgehead atoms. The zero-order chi connectivity index (χ0) is 8.10. The monoisotopic (exact) mass is 174 g/mol. The Balaban J connectivity index is 2.30. The van der Waals surface area contributed by atoms with Crippen molar-refractivity contribution in [2.45, 2.75) is 38.2 Å². The van der Waals surface area contributed by atoms with Crippen LogP contribution >= 0.6 is 12.6 Å². The van der Waals surface area contributed by atoms with Gasteiger partial charge in [0.25, 0.3) is 0 Å². The number of methoxy groups -OCH3 is 1. The third-order valence-corrected chi connectivity index (χ3v) is 3.02. The highest BCUT2D eigenvalue weighted by atomic mass is 32.1. The predicted molar refractivity (Wildman–Crippen MR) is 51.2 cm³/mol. The van der Waals surface area contributed by atoms with Crippen LogP contribution in [-0.4, -0.2) is 19.0 Å². The van der Waals surface area contributed by atoms with E-state index in [0.29, 0.717) is 6.10 Å². The van der Waals surface area contributed by atoms with Crippen LogP contribution in [0.5, 0.6) is 0 Å². The second-order valence-electron chi connectivity index (χ2n) is 3.35. The van der Waals surface area contributed by atoms with Crippen molar-refractivity contribution in [3.63, 3.8) is 0 Å². The van der Waals surface area contributed by atoms with E-state index < -0.39 is 0 Å². The zero-order valence-electron chi connectivity index (χ0n) is 7.25. The molecule has 1 nitrogen and oxygen atoms in total. The van der Waals surface area contributed by atoms with Gasteiger partial charge >= 0.3 is 0 Å². The number of ether oxygens (including phenoxy) is 1. The van der Waals surface area contributed by atoms with Crippen molar-refractivity contribution in [3.8, 4) is 0 Å². The van der Waals surface area contributed by atoms with E-state index in [2.05, 4.69) is 12.6 Å². The highest BCUT2D eigenvalue weighted by Crippen LogP contribution is 2.27. The first-order valence-electron chi connectivity index (χ1n) is 4.52. The molecule has 1 rings (SSSR count). The van der Waals surface area contributed by atoms with Crippen LogP contribution in [0.15, 0.2) is 0 Å². The van der Waals surface area contributed by atoms with Gasteiger partial charge in [0, 0.05) is 12.9 Å². The number of thiol groups is 1. The largest absolute Gasteiger partial charge is 0.380 e. The fourth-order valence-electron chi connectivity index (χ4n) is 1.92. The predicted octanol–water partition coefficient (Wildman–Crippen LogP) is 2.51. The Labute approximate surface area is 74.9 Å². The smallest absolute Gasteiger partial charge is 0.0687 e. The SMILES string of the molecule is COC(CS)C1CCCCC1. The molecule has 0 N–H and O–H groups in total. The van der Waals surface area contributed by atoms with Crippen LogP contribution in [0.2, 0.25) is 0 Å². The van der Waals surface area contributed by atoms with E-state index in [1.165, 1.54) is 32.1 Å². The molecule has 1 saturated carbocycles. The molecule has 0 aromatic carbocycles. The van der Waals surface area contributed by atoms with Gasteiger partial charge in [-0.2, -0.15) is 12.6 Å². The Hall–Kier alpha value is 0.310. The molecule has 0 aliphatic heterocycles. The summed E-state index contributed by atoms with van der Waals surface area (Å²) in [5, 5.41) is 0. The van der Waals surface area contributed by atoms with Gasteiger partial charge in [0.2, 0.25) is 0 Å². The lowest BCUT2D eigenvalue weighted by Gasteiger charge is -2.27. The van der Waals surface area contributed by atoms with Gasteiger partial charge in [-0.3, -0.25) is 0 Å². The lowest BCUT2D eigenvalue weighted by atomic mass is 9.86. The van der Waals surface area contributed by atoms with Crippen LogP contribution in [0.3, 0.4) is 0 Å². The molecule has 1 unspecified atom stereocenters. The van der Waals surface area contributed by atoms with E-state index in [9.17, 15) is 0 Å². The second kappa shape index (κ2) is 5.04. The summed E-state index contributed by atoms with van der Waals surface area (Å²) in [7, 11) is 1.80. The number of rotatable bonds is 3. The van der Waals surface area contributed by atoms with Crippen molar-refractivity contribution in [1.82, 2.24) is 0 Å². The summed E-state index contributed by atoms with van der Waals surface area (Å²) in [6, 6.07) is 0. The summed E-state index contributed by atoms with van der Waals surface area (Å²) in [5.74, 6) is 1.66. The summed E-state index contributed by atoms with van der Waals surface area (Å²) in [4.78, 5) is 0. The molecule has 0 saturated heterocycles. The standard InChI is InChI=1S/C9H18OS/c1-10-9(7-11)8-5-3-2-4-6-8/h8-9,11H,2-7H2,1H3. The van der Waals surface area contributed by atoms with Gasteiger partial charge in [-0.1, -0.05) is 19.3 Å². The maximum absolute atomic E-state index is 5.36. The van der Waals surface area contributed by atoms with Gasteiger partial charge in [-0.15, -0.1) is 0 Å². The van der Waals surface area contributed by atoms with E-state index in [0.717, 1.165) is 11.7 Å². The summed E-state index contributed by atoms with van der Waals surface area (Å²) < 4.78 is 5.36. The molecule has 0 spiro atoms. The van der Waals surface area contributed by atoms with Gasteiger partial charge in [0.1, 0.15) is 0 Å². The van der Waals surface area contributed by atoms with Crippen LogP contribution in [-0.2, 0) is 4.74 Å². The Morgan fingerprint density at radius 1 is 1.36 bits per heavy atom. The lowest BCUT2D eigenvalue weighted by molar-refractivity contribution is 0.0545. The zero-order valence-corrected chi connectivity index (χ0v) is 8.15. The third kappa shape index (κ3) is 2.68. The lowest BCUT2D eigenvalue weighted by Crippen LogP contribution is -2.26. The minimum absolute atomic E-state index is 0.402. The first-order valence-corrected chi connectivity index (χ1v) is 5.15. The van der Waals surface area contributed by atoms with Crippen LogP contribution in [0, 0.1) is 5.92 Å². The van der Waals surface area contributed by atoms with Crippen molar-refractivity contribution in [1.29, 1.82) is 0 Å². The first-order chi connectivity index (χ1) is 5.38. The van der Waals surface area contributed by atoms with Gasteiger partial charge in [0.15, 0.2) is 0 Å². The molecule has 0 radical (unpaired) electrons. The molecule has 0 amide bonds. The molecule has 0 aromatic rings. The van der Waals surface area contributed by atoms with Crippen LogP contribution in [0.1, 0.15) is 32.1 Å². The van der Waals surface area contributed by atoms with Crippen LogP contribution in [0.4, 0.5) is 0 Å².